The summed E-state index contributed by atoms with van der Waals surface area (Å²) in [5.74, 6) is 0. The molecule has 0 bridgehead atoms. The largest absolute Gasteiger partial charge is 0.319 e. The van der Waals surface area contributed by atoms with Gasteiger partial charge in [-0.2, -0.15) is 0 Å². The lowest BCUT2D eigenvalue weighted by Gasteiger charge is -1.95. The van der Waals surface area contributed by atoms with E-state index in [-0.39, 0.29) is 0 Å². The summed E-state index contributed by atoms with van der Waals surface area (Å²) in [7, 11) is 1.94. The minimum Gasteiger partial charge on any atom is -0.319 e. The number of aryl methyl sites for hydroxylation is 1. The minimum atomic E-state index is 0.924. The van der Waals surface area contributed by atoms with E-state index in [1.54, 1.807) is 11.3 Å². The Hall–Kier alpha value is -1.33. The molecule has 1 N–H and O–H groups in total. The molecule has 0 unspecified atom stereocenters. The van der Waals surface area contributed by atoms with Gasteiger partial charge in [0.2, 0.25) is 0 Å². The zero-order chi connectivity index (χ0) is 11.4. The standard InChI is InChI=1S/C11H14N4S/c1-8-5-9(7-13-6-8)11-15-14-10(16-11)3-4-12-2/h5-7,12H,3-4H2,1-2H3. The Labute approximate surface area is 98.8 Å². The number of nitrogens with zero attached hydrogens (tertiary/aromatic N) is 3. The summed E-state index contributed by atoms with van der Waals surface area (Å²) in [5.41, 5.74) is 2.19. The fraction of sp³-hybridized carbons (Fsp3) is 0.364. The number of rotatable bonds is 4. The summed E-state index contributed by atoms with van der Waals surface area (Å²) < 4.78 is 0. The number of aromatic nitrogens is 3. The van der Waals surface area contributed by atoms with Gasteiger partial charge in [0, 0.05) is 30.9 Å². The molecule has 0 aliphatic rings. The van der Waals surface area contributed by atoms with Crippen molar-refractivity contribution in [3.8, 4) is 10.6 Å². The summed E-state index contributed by atoms with van der Waals surface area (Å²) in [6, 6.07) is 2.08. The van der Waals surface area contributed by atoms with Crippen molar-refractivity contribution in [2.24, 2.45) is 0 Å². The molecule has 0 aromatic carbocycles. The topological polar surface area (TPSA) is 50.7 Å². The van der Waals surface area contributed by atoms with Gasteiger partial charge in [-0.15, -0.1) is 10.2 Å². The van der Waals surface area contributed by atoms with Crippen molar-refractivity contribution in [2.75, 3.05) is 13.6 Å². The molecule has 2 aromatic rings. The Kier molecular flexibility index (Phi) is 3.58. The van der Waals surface area contributed by atoms with E-state index in [9.17, 15) is 0 Å². The molecule has 84 valence electrons. The average Bonchev–Trinajstić information content (AvgIpc) is 2.75. The monoisotopic (exact) mass is 234 g/mol. The molecule has 0 aliphatic heterocycles. The second kappa shape index (κ2) is 5.14. The van der Waals surface area contributed by atoms with E-state index in [4.69, 9.17) is 0 Å². The van der Waals surface area contributed by atoms with Crippen LogP contribution in [0, 0.1) is 6.92 Å². The zero-order valence-electron chi connectivity index (χ0n) is 9.40. The van der Waals surface area contributed by atoms with Crippen LogP contribution < -0.4 is 5.32 Å². The van der Waals surface area contributed by atoms with Crippen molar-refractivity contribution < 1.29 is 0 Å². The average molecular weight is 234 g/mol. The highest BCUT2D eigenvalue weighted by atomic mass is 32.1. The lowest BCUT2D eigenvalue weighted by molar-refractivity contribution is 0.779. The zero-order valence-corrected chi connectivity index (χ0v) is 10.2. The first-order chi connectivity index (χ1) is 7.79. The summed E-state index contributed by atoms with van der Waals surface area (Å²) >= 11 is 1.63. The van der Waals surface area contributed by atoms with Gasteiger partial charge >= 0.3 is 0 Å². The maximum atomic E-state index is 4.18. The minimum absolute atomic E-state index is 0.924. The molecular formula is C11H14N4S. The summed E-state index contributed by atoms with van der Waals surface area (Å²) in [6.45, 7) is 2.96. The molecule has 0 saturated heterocycles. The Morgan fingerprint density at radius 1 is 1.31 bits per heavy atom. The molecule has 0 aliphatic carbocycles. The number of nitrogens with one attached hydrogen (secondary N) is 1. The van der Waals surface area contributed by atoms with E-state index < -0.39 is 0 Å². The Balaban J connectivity index is 2.18. The molecule has 0 fully saturated rings. The molecule has 2 heterocycles. The molecule has 4 nitrogen and oxygen atoms in total. The fourth-order valence-electron chi connectivity index (χ4n) is 1.38. The lowest BCUT2D eigenvalue weighted by atomic mass is 10.2. The van der Waals surface area contributed by atoms with Gasteiger partial charge in [0.05, 0.1) is 0 Å². The van der Waals surface area contributed by atoms with E-state index in [2.05, 4.69) is 26.6 Å². The van der Waals surface area contributed by atoms with Crippen molar-refractivity contribution >= 4 is 11.3 Å². The third-order valence-corrected chi connectivity index (χ3v) is 3.21. The molecule has 0 atom stereocenters. The van der Waals surface area contributed by atoms with Crippen LogP contribution in [-0.2, 0) is 6.42 Å². The maximum absolute atomic E-state index is 4.18. The van der Waals surface area contributed by atoms with Gasteiger partial charge in [0.1, 0.15) is 10.0 Å². The summed E-state index contributed by atoms with van der Waals surface area (Å²) in [4.78, 5) is 4.16. The van der Waals surface area contributed by atoms with Gasteiger partial charge in [-0.05, 0) is 25.6 Å². The van der Waals surface area contributed by atoms with Gasteiger partial charge in [0.25, 0.3) is 0 Å². The molecular weight excluding hydrogens is 220 g/mol. The fourth-order valence-corrected chi connectivity index (χ4v) is 2.20. The van der Waals surface area contributed by atoms with E-state index in [1.165, 1.54) is 0 Å². The van der Waals surface area contributed by atoms with Crippen molar-refractivity contribution in [3.63, 3.8) is 0 Å². The van der Waals surface area contributed by atoms with Crippen LogP contribution in [0.15, 0.2) is 18.5 Å². The number of hydrogen-bond donors (Lipinski definition) is 1. The molecule has 0 radical (unpaired) electrons. The first-order valence-corrected chi connectivity index (χ1v) is 6.00. The first kappa shape index (κ1) is 11.2. The Morgan fingerprint density at radius 3 is 2.94 bits per heavy atom. The molecule has 0 amide bonds. The van der Waals surface area contributed by atoms with Crippen LogP contribution in [0.25, 0.3) is 10.6 Å². The second-order valence-corrected chi connectivity index (χ2v) is 4.67. The van der Waals surface area contributed by atoms with E-state index in [0.717, 1.165) is 34.1 Å². The van der Waals surface area contributed by atoms with E-state index in [0.29, 0.717) is 0 Å². The first-order valence-electron chi connectivity index (χ1n) is 5.18. The van der Waals surface area contributed by atoms with Gasteiger partial charge in [-0.3, -0.25) is 4.98 Å². The smallest absolute Gasteiger partial charge is 0.149 e. The highest BCUT2D eigenvalue weighted by Crippen LogP contribution is 2.23. The summed E-state index contributed by atoms with van der Waals surface area (Å²) in [6.07, 6.45) is 4.59. The highest BCUT2D eigenvalue weighted by Gasteiger charge is 2.06. The lowest BCUT2D eigenvalue weighted by Crippen LogP contribution is -2.09. The van der Waals surface area contributed by atoms with Gasteiger partial charge in [0.15, 0.2) is 0 Å². The molecule has 2 rings (SSSR count). The Bertz CT molecular complexity index is 467. The van der Waals surface area contributed by atoms with Crippen LogP contribution in [0.4, 0.5) is 0 Å². The third-order valence-electron chi connectivity index (χ3n) is 2.18. The predicted octanol–water partition coefficient (Wildman–Crippen LogP) is 1.67. The van der Waals surface area contributed by atoms with Crippen LogP contribution in [0.5, 0.6) is 0 Å². The summed E-state index contributed by atoms with van der Waals surface area (Å²) in [5, 5.41) is 13.5. The highest BCUT2D eigenvalue weighted by molar-refractivity contribution is 7.14. The second-order valence-electron chi connectivity index (χ2n) is 3.61. The van der Waals surface area contributed by atoms with Crippen LogP contribution in [0.3, 0.4) is 0 Å². The van der Waals surface area contributed by atoms with Crippen LogP contribution in [-0.4, -0.2) is 28.8 Å². The molecule has 5 heteroatoms. The van der Waals surface area contributed by atoms with Gasteiger partial charge < -0.3 is 5.32 Å². The van der Waals surface area contributed by atoms with Crippen molar-refractivity contribution in [2.45, 2.75) is 13.3 Å². The Morgan fingerprint density at radius 2 is 2.19 bits per heavy atom. The van der Waals surface area contributed by atoms with Crippen molar-refractivity contribution in [1.29, 1.82) is 0 Å². The van der Waals surface area contributed by atoms with Crippen LogP contribution in [0.1, 0.15) is 10.6 Å². The molecule has 2 aromatic heterocycles. The molecule has 0 saturated carbocycles. The van der Waals surface area contributed by atoms with Crippen molar-refractivity contribution in [3.05, 3.63) is 29.0 Å². The normalized spacial score (nSPS) is 10.6. The SMILES string of the molecule is CNCCc1nnc(-c2cncc(C)c2)s1. The number of pyridine rings is 1. The van der Waals surface area contributed by atoms with Crippen molar-refractivity contribution in [1.82, 2.24) is 20.5 Å². The molecule has 16 heavy (non-hydrogen) atoms. The van der Waals surface area contributed by atoms with Gasteiger partial charge in [-0.25, -0.2) is 0 Å². The number of hydrogen-bond acceptors (Lipinski definition) is 5. The van der Waals surface area contributed by atoms with E-state index >= 15 is 0 Å². The van der Waals surface area contributed by atoms with Crippen LogP contribution >= 0.6 is 11.3 Å². The van der Waals surface area contributed by atoms with Crippen LogP contribution in [0.2, 0.25) is 0 Å². The predicted molar refractivity (Wildman–Crippen MR) is 65.5 cm³/mol. The molecule has 0 spiro atoms. The number of likely N-dealkylation sites (N-methyl/N-ethyl adjacent to an activating group) is 1. The third kappa shape index (κ3) is 2.62. The van der Waals surface area contributed by atoms with Gasteiger partial charge in [-0.1, -0.05) is 11.3 Å². The van der Waals surface area contributed by atoms with E-state index in [1.807, 2.05) is 26.4 Å². The quantitative estimate of drug-likeness (QED) is 0.874. The maximum Gasteiger partial charge on any atom is 0.149 e.